The molecule has 0 aliphatic rings. The normalized spacial score (nSPS) is 9.61. The summed E-state index contributed by atoms with van der Waals surface area (Å²) in [6.45, 7) is 5.65. The van der Waals surface area contributed by atoms with E-state index in [0.29, 0.717) is 19.4 Å². The Bertz CT molecular complexity index is 296. The maximum atomic E-state index is 11.2. The third-order valence-electron chi connectivity index (χ3n) is 2.15. The molecule has 0 aliphatic carbocycles. The molecule has 0 N–H and O–H groups in total. The Morgan fingerprint density at radius 3 is 2.22 bits per heavy atom. The lowest BCUT2D eigenvalue weighted by Gasteiger charge is -2.03. The smallest absolute Gasteiger partial charge is 0.337 e. The highest BCUT2D eigenvalue weighted by atomic mass is 16.6. The van der Waals surface area contributed by atoms with Crippen molar-refractivity contribution < 1.29 is 23.9 Å². The summed E-state index contributed by atoms with van der Waals surface area (Å²) in [6.07, 6.45) is 4.21. The van der Waals surface area contributed by atoms with Gasteiger partial charge in [-0.1, -0.05) is 19.9 Å². The standard InChI is InChI=1S/C13H20O5/c1-3-5-10-17-12(15)8-6-7-9-13(16)18-11(14)4-2/h4H,2-3,5-10H2,1H3. The van der Waals surface area contributed by atoms with Crippen LogP contribution < -0.4 is 0 Å². The molecule has 0 heterocycles. The number of carbonyl (C=O) groups excluding carboxylic acids is 3. The molecule has 0 radical (unpaired) electrons. The van der Waals surface area contributed by atoms with Gasteiger partial charge in [0.05, 0.1) is 6.61 Å². The molecule has 0 aromatic heterocycles. The Morgan fingerprint density at radius 1 is 1.06 bits per heavy atom. The second-order valence-electron chi connectivity index (χ2n) is 3.78. The van der Waals surface area contributed by atoms with E-state index in [9.17, 15) is 14.4 Å². The van der Waals surface area contributed by atoms with Crippen LogP contribution in [0.1, 0.15) is 45.4 Å². The molecule has 0 saturated carbocycles. The monoisotopic (exact) mass is 256 g/mol. The van der Waals surface area contributed by atoms with Crippen LogP contribution in [0.2, 0.25) is 0 Å². The third kappa shape index (κ3) is 9.57. The molecule has 5 heteroatoms. The lowest BCUT2D eigenvalue weighted by Crippen LogP contribution is -2.10. The number of ether oxygens (including phenoxy) is 2. The van der Waals surface area contributed by atoms with Gasteiger partial charge in [0.25, 0.3) is 0 Å². The lowest BCUT2D eigenvalue weighted by molar-refractivity contribution is -0.156. The minimum Gasteiger partial charge on any atom is -0.466 e. The Morgan fingerprint density at radius 2 is 1.67 bits per heavy atom. The number of esters is 3. The van der Waals surface area contributed by atoms with Gasteiger partial charge >= 0.3 is 17.9 Å². The van der Waals surface area contributed by atoms with Crippen molar-refractivity contribution in [2.24, 2.45) is 0 Å². The number of hydrogen-bond acceptors (Lipinski definition) is 5. The van der Waals surface area contributed by atoms with E-state index in [1.165, 1.54) is 0 Å². The van der Waals surface area contributed by atoms with Crippen LogP contribution in [0.3, 0.4) is 0 Å². The molecule has 18 heavy (non-hydrogen) atoms. The summed E-state index contributed by atoms with van der Waals surface area (Å²) in [6, 6.07) is 0. The van der Waals surface area contributed by atoms with Crippen LogP contribution in [-0.4, -0.2) is 24.5 Å². The van der Waals surface area contributed by atoms with Crippen LogP contribution in [0.15, 0.2) is 12.7 Å². The summed E-state index contributed by atoms with van der Waals surface area (Å²) in [7, 11) is 0. The van der Waals surface area contributed by atoms with Crippen molar-refractivity contribution in [3.05, 3.63) is 12.7 Å². The summed E-state index contributed by atoms with van der Waals surface area (Å²) in [5, 5.41) is 0. The average Bonchev–Trinajstić information content (AvgIpc) is 2.34. The van der Waals surface area contributed by atoms with Crippen molar-refractivity contribution in [1.82, 2.24) is 0 Å². The molecule has 0 unspecified atom stereocenters. The van der Waals surface area contributed by atoms with Gasteiger partial charge in [-0.2, -0.15) is 0 Å². The van der Waals surface area contributed by atoms with Gasteiger partial charge < -0.3 is 9.47 Å². The van der Waals surface area contributed by atoms with Gasteiger partial charge in [-0.15, -0.1) is 0 Å². The first-order chi connectivity index (χ1) is 8.60. The van der Waals surface area contributed by atoms with Gasteiger partial charge in [-0.25, -0.2) is 4.79 Å². The summed E-state index contributed by atoms with van der Waals surface area (Å²) in [4.78, 5) is 32.9. The largest absolute Gasteiger partial charge is 0.466 e. The molecule has 0 atom stereocenters. The van der Waals surface area contributed by atoms with Crippen LogP contribution in [0.5, 0.6) is 0 Å². The number of rotatable bonds is 9. The molecule has 0 spiro atoms. The van der Waals surface area contributed by atoms with Gasteiger partial charge in [0.1, 0.15) is 0 Å². The highest BCUT2D eigenvalue weighted by Gasteiger charge is 2.08. The zero-order valence-electron chi connectivity index (χ0n) is 10.8. The molecule has 0 amide bonds. The molecule has 0 aromatic rings. The first-order valence-electron chi connectivity index (χ1n) is 6.12. The fraction of sp³-hybridized carbons (Fsp3) is 0.615. The molecular formula is C13H20O5. The minimum absolute atomic E-state index is 0.113. The van der Waals surface area contributed by atoms with Crippen LogP contribution in [0.4, 0.5) is 0 Å². The zero-order valence-corrected chi connectivity index (χ0v) is 10.8. The maximum Gasteiger partial charge on any atom is 0.337 e. The SMILES string of the molecule is C=CC(=O)OC(=O)CCCCC(=O)OCCCC. The highest BCUT2D eigenvalue weighted by molar-refractivity contribution is 5.91. The van der Waals surface area contributed by atoms with E-state index in [2.05, 4.69) is 11.3 Å². The topological polar surface area (TPSA) is 69.7 Å². The third-order valence-corrected chi connectivity index (χ3v) is 2.15. The molecule has 102 valence electrons. The van der Waals surface area contributed by atoms with Crippen LogP contribution >= 0.6 is 0 Å². The molecular weight excluding hydrogens is 236 g/mol. The van der Waals surface area contributed by atoms with E-state index in [0.717, 1.165) is 18.9 Å². The van der Waals surface area contributed by atoms with Crippen molar-refractivity contribution in [1.29, 1.82) is 0 Å². The van der Waals surface area contributed by atoms with E-state index in [1.807, 2.05) is 6.92 Å². The van der Waals surface area contributed by atoms with Crippen molar-refractivity contribution in [3.8, 4) is 0 Å². The molecule has 0 fully saturated rings. The predicted octanol–water partition coefficient (Wildman–Crippen LogP) is 2.15. The lowest BCUT2D eigenvalue weighted by atomic mass is 10.2. The van der Waals surface area contributed by atoms with Crippen molar-refractivity contribution in [2.75, 3.05) is 6.61 Å². The van der Waals surface area contributed by atoms with E-state index in [-0.39, 0.29) is 18.8 Å². The fourth-order valence-electron chi connectivity index (χ4n) is 1.15. The second kappa shape index (κ2) is 10.5. The summed E-state index contributed by atoms with van der Waals surface area (Å²) in [5.74, 6) is -1.60. The Balaban J connectivity index is 3.49. The van der Waals surface area contributed by atoms with Crippen LogP contribution in [-0.2, 0) is 23.9 Å². The van der Waals surface area contributed by atoms with Gasteiger partial charge in [0.15, 0.2) is 0 Å². The second-order valence-corrected chi connectivity index (χ2v) is 3.78. The average molecular weight is 256 g/mol. The van der Waals surface area contributed by atoms with E-state index < -0.39 is 11.9 Å². The highest BCUT2D eigenvalue weighted by Crippen LogP contribution is 2.03. The van der Waals surface area contributed by atoms with Gasteiger partial charge in [0, 0.05) is 18.9 Å². The number of unbranched alkanes of at least 4 members (excludes halogenated alkanes) is 2. The van der Waals surface area contributed by atoms with Crippen molar-refractivity contribution >= 4 is 17.9 Å². The van der Waals surface area contributed by atoms with Crippen molar-refractivity contribution in [2.45, 2.75) is 45.4 Å². The molecule has 0 aliphatic heterocycles. The molecule has 0 bridgehead atoms. The fourth-order valence-corrected chi connectivity index (χ4v) is 1.15. The maximum absolute atomic E-state index is 11.2. The molecule has 0 rings (SSSR count). The summed E-state index contributed by atoms with van der Waals surface area (Å²) >= 11 is 0. The Kier molecular flexibility index (Phi) is 9.54. The molecule has 0 aromatic carbocycles. The Labute approximate surface area is 107 Å². The molecule has 5 nitrogen and oxygen atoms in total. The zero-order chi connectivity index (χ0) is 13.8. The Hall–Kier alpha value is -1.65. The van der Waals surface area contributed by atoms with Gasteiger partial charge in [0.2, 0.25) is 0 Å². The van der Waals surface area contributed by atoms with Gasteiger partial charge in [-0.3, -0.25) is 9.59 Å². The molecule has 0 saturated heterocycles. The van der Waals surface area contributed by atoms with Crippen molar-refractivity contribution in [3.63, 3.8) is 0 Å². The van der Waals surface area contributed by atoms with Crippen LogP contribution in [0.25, 0.3) is 0 Å². The first kappa shape index (κ1) is 16.4. The summed E-state index contributed by atoms with van der Waals surface area (Å²) < 4.78 is 9.32. The predicted molar refractivity (Wildman–Crippen MR) is 65.6 cm³/mol. The number of hydrogen-bond donors (Lipinski definition) is 0. The van der Waals surface area contributed by atoms with Crippen LogP contribution in [0, 0.1) is 0 Å². The number of carbonyl (C=O) groups is 3. The van der Waals surface area contributed by atoms with E-state index in [4.69, 9.17) is 4.74 Å². The van der Waals surface area contributed by atoms with E-state index in [1.54, 1.807) is 0 Å². The van der Waals surface area contributed by atoms with Gasteiger partial charge in [-0.05, 0) is 19.3 Å². The van der Waals surface area contributed by atoms with E-state index >= 15 is 0 Å². The first-order valence-corrected chi connectivity index (χ1v) is 6.12. The minimum atomic E-state index is -0.751. The summed E-state index contributed by atoms with van der Waals surface area (Å²) in [5.41, 5.74) is 0. The quantitative estimate of drug-likeness (QED) is 0.273.